The fraction of sp³-hybridized carbons (Fsp3) is 0.519. The van der Waals surface area contributed by atoms with E-state index in [1.54, 1.807) is 6.26 Å². The second kappa shape index (κ2) is 8.93. The van der Waals surface area contributed by atoms with Gasteiger partial charge in [0, 0.05) is 34.4 Å². The number of hydrogen-bond donors (Lipinski definition) is 1. The van der Waals surface area contributed by atoms with Crippen LogP contribution in [0.2, 0.25) is 0 Å². The van der Waals surface area contributed by atoms with E-state index in [0.29, 0.717) is 36.1 Å². The van der Waals surface area contributed by atoms with Crippen LogP contribution in [0.25, 0.3) is 21.9 Å². The standard InChI is InChI=1S/C27H33NO6/c1-14-18-10-20-21(27(3,4)5)13-33-23(20)15(2)24(18)34-26(32)19(14)11-22(29)28-12-16-6-8-17(9-7-16)25(30)31/h10,13,16-17H,6-9,11-12H2,1-5H3,(H,28,29)(H,30,31)/p-1. The van der Waals surface area contributed by atoms with Crippen molar-refractivity contribution in [2.75, 3.05) is 6.54 Å². The quantitative estimate of drug-likeness (QED) is 0.574. The molecule has 1 saturated carbocycles. The smallest absolute Gasteiger partial charge is 0.340 e. The molecule has 1 amide bonds. The summed E-state index contributed by atoms with van der Waals surface area (Å²) >= 11 is 0. The summed E-state index contributed by atoms with van der Waals surface area (Å²) in [5, 5.41) is 15.7. The largest absolute Gasteiger partial charge is 0.550 e. The van der Waals surface area contributed by atoms with Crippen molar-refractivity contribution in [3.8, 4) is 0 Å². The highest BCUT2D eigenvalue weighted by molar-refractivity contribution is 6.00. The minimum absolute atomic E-state index is 0.0624. The molecule has 0 spiro atoms. The summed E-state index contributed by atoms with van der Waals surface area (Å²) in [4.78, 5) is 36.5. The number of aliphatic carboxylic acids is 1. The van der Waals surface area contributed by atoms with Crippen molar-refractivity contribution in [1.82, 2.24) is 5.32 Å². The number of benzene rings is 1. The summed E-state index contributed by atoms with van der Waals surface area (Å²) in [5.74, 6) is -1.38. The monoisotopic (exact) mass is 466 g/mol. The van der Waals surface area contributed by atoms with Gasteiger partial charge in [-0.2, -0.15) is 0 Å². The van der Waals surface area contributed by atoms with Crippen LogP contribution in [-0.4, -0.2) is 18.4 Å². The molecule has 0 aliphatic heterocycles. The SMILES string of the molecule is Cc1c(CC(=O)NCC2CCC(C(=O)[O-])CC2)c(=O)oc2c(C)c3occ(C(C)(C)C)c3cc12. The second-order valence-corrected chi connectivity index (χ2v) is 10.7. The van der Waals surface area contributed by atoms with Crippen molar-refractivity contribution in [2.24, 2.45) is 11.8 Å². The zero-order chi connectivity index (χ0) is 24.8. The summed E-state index contributed by atoms with van der Waals surface area (Å²) in [5.41, 5.74) is 3.50. The molecule has 1 aromatic carbocycles. The first-order chi connectivity index (χ1) is 16.0. The van der Waals surface area contributed by atoms with Crippen LogP contribution in [0, 0.1) is 25.7 Å². The third kappa shape index (κ3) is 4.48. The van der Waals surface area contributed by atoms with E-state index in [1.807, 2.05) is 19.9 Å². The maximum Gasteiger partial charge on any atom is 0.340 e. The van der Waals surface area contributed by atoms with Gasteiger partial charge in [-0.1, -0.05) is 20.8 Å². The molecule has 0 radical (unpaired) electrons. The third-order valence-electron chi connectivity index (χ3n) is 7.26. The van der Waals surface area contributed by atoms with E-state index in [9.17, 15) is 19.5 Å². The molecule has 1 N–H and O–H groups in total. The van der Waals surface area contributed by atoms with Crippen LogP contribution >= 0.6 is 0 Å². The van der Waals surface area contributed by atoms with Gasteiger partial charge in [-0.25, -0.2) is 4.79 Å². The Bertz CT molecular complexity index is 1320. The molecule has 0 bridgehead atoms. The predicted octanol–water partition coefficient (Wildman–Crippen LogP) is 3.67. The van der Waals surface area contributed by atoms with Crippen LogP contribution in [0.15, 0.2) is 26.0 Å². The van der Waals surface area contributed by atoms with E-state index in [1.165, 1.54) is 0 Å². The Hall–Kier alpha value is -3.09. The first-order valence-electron chi connectivity index (χ1n) is 11.9. The lowest BCUT2D eigenvalue weighted by Crippen LogP contribution is -2.37. The lowest BCUT2D eigenvalue weighted by atomic mass is 9.82. The fourth-order valence-electron chi connectivity index (χ4n) is 5.06. The highest BCUT2D eigenvalue weighted by Crippen LogP contribution is 2.37. The number of fused-ring (bicyclic) bond motifs is 2. The molecule has 0 unspecified atom stereocenters. The number of carboxylic acid groups (broad SMARTS) is 1. The van der Waals surface area contributed by atoms with E-state index in [4.69, 9.17) is 8.83 Å². The van der Waals surface area contributed by atoms with Crippen molar-refractivity contribution < 1.29 is 23.5 Å². The summed E-state index contributed by atoms with van der Waals surface area (Å²) in [6.45, 7) is 10.6. The zero-order valence-corrected chi connectivity index (χ0v) is 20.5. The van der Waals surface area contributed by atoms with Gasteiger partial charge in [0.1, 0.15) is 11.2 Å². The van der Waals surface area contributed by atoms with E-state index in [2.05, 4.69) is 26.1 Å². The lowest BCUT2D eigenvalue weighted by Gasteiger charge is -2.29. The highest BCUT2D eigenvalue weighted by Gasteiger charge is 2.25. The first kappa shape index (κ1) is 24.0. The molecule has 34 heavy (non-hydrogen) atoms. The Balaban J connectivity index is 1.57. The lowest BCUT2D eigenvalue weighted by molar-refractivity contribution is -0.312. The summed E-state index contributed by atoms with van der Waals surface area (Å²) < 4.78 is 11.5. The van der Waals surface area contributed by atoms with Gasteiger partial charge in [-0.15, -0.1) is 0 Å². The highest BCUT2D eigenvalue weighted by atomic mass is 16.4. The molecule has 2 heterocycles. The molecule has 1 aliphatic carbocycles. The summed E-state index contributed by atoms with van der Waals surface area (Å²) in [6, 6.07) is 2.00. The Kier molecular flexibility index (Phi) is 6.32. The van der Waals surface area contributed by atoms with Crippen molar-refractivity contribution in [1.29, 1.82) is 0 Å². The normalized spacial score (nSPS) is 19.0. The third-order valence-corrected chi connectivity index (χ3v) is 7.26. The topological polar surface area (TPSA) is 113 Å². The molecule has 182 valence electrons. The van der Waals surface area contributed by atoms with Crippen LogP contribution in [0.4, 0.5) is 0 Å². The molecular weight excluding hydrogens is 434 g/mol. The van der Waals surface area contributed by atoms with Gasteiger partial charge in [0.05, 0.1) is 18.2 Å². The van der Waals surface area contributed by atoms with Crippen LogP contribution in [0.3, 0.4) is 0 Å². The van der Waals surface area contributed by atoms with Gasteiger partial charge in [-0.3, -0.25) is 4.79 Å². The molecule has 0 saturated heterocycles. The maximum atomic E-state index is 12.8. The number of carbonyl (C=O) groups excluding carboxylic acids is 2. The van der Waals surface area contributed by atoms with Crippen molar-refractivity contribution >= 4 is 33.8 Å². The molecule has 1 aliphatic rings. The summed E-state index contributed by atoms with van der Waals surface area (Å²) in [7, 11) is 0. The maximum absolute atomic E-state index is 12.8. The second-order valence-electron chi connectivity index (χ2n) is 10.7. The number of furan rings is 1. The number of carbonyl (C=O) groups is 2. The van der Waals surface area contributed by atoms with Crippen molar-refractivity contribution in [2.45, 2.75) is 72.1 Å². The number of aryl methyl sites for hydroxylation is 2. The van der Waals surface area contributed by atoms with Gasteiger partial charge in [0.2, 0.25) is 5.91 Å². The van der Waals surface area contributed by atoms with E-state index < -0.39 is 11.6 Å². The molecule has 1 fully saturated rings. The minimum atomic E-state index is -0.987. The van der Waals surface area contributed by atoms with Gasteiger partial charge in [-0.05, 0) is 68.4 Å². The van der Waals surface area contributed by atoms with Gasteiger partial charge >= 0.3 is 5.63 Å². The fourth-order valence-corrected chi connectivity index (χ4v) is 5.06. The van der Waals surface area contributed by atoms with Crippen LogP contribution in [0.1, 0.15) is 68.7 Å². The van der Waals surface area contributed by atoms with Gasteiger partial charge < -0.3 is 24.1 Å². The Morgan fingerprint density at radius 1 is 1.06 bits per heavy atom. The zero-order valence-electron chi connectivity index (χ0n) is 20.5. The molecule has 0 atom stereocenters. The van der Waals surface area contributed by atoms with Crippen LogP contribution in [-0.2, 0) is 21.4 Å². The number of nitrogens with one attached hydrogen (secondary N) is 1. The number of amides is 1. The first-order valence-corrected chi connectivity index (χ1v) is 11.9. The molecule has 7 nitrogen and oxygen atoms in total. The Morgan fingerprint density at radius 2 is 1.74 bits per heavy atom. The van der Waals surface area contributed by atoms with Crippen LogP contribution in [0.5, 0.6) is 0 Å². The summed E-state index contributed by atoms with van der Waals surface area (Å²) in [6.07, 6.45) is 4.34. The average Bonchev–Trinajstić information content (AvgIpc) is 3.21. The molecule has 3 aromatic rings. The molecule has 4 rings (SSSR count). The molecular formula is C27H32NO6-. The Morgan fingerprint density at radius 3 is 2.35 bits per heavy atom. The predicted molar refractivity (Wildman–Crippen MR) is 128 cm³/mol. The van der Waals surface area contributed by atoms with E-state index in [0.717, 1.165) is 40.3 Å². The number of carboxylic acids is 1. The average molecular weight is 467 g/mol. The number of hydrogen-bond acceptors (Lipinski definition) is 6. The van der Waals surface area contributed by atoms with Crippen molar-refractivity contribution in [3.05, 3.63) is 45.0 Å². The Labute approximate surface area is 198 Å². The van der Waals surface area contributed by atoms with Crippen LogP contribution < -0.4 is 16.0 Å². The van der Waals surface area contributed by atoms with Gasteiger partial charge in [0.15, 0.2) is 0 Å². The molecule has 2 aromatic heterocycles. The molecule has 7 heteroatoms. The van der Waals surface area contributed by atoms with Gasteiger partial charge in [0.25, 0.3) is 0 Å². The van der Waals surface area contributed by atoms with E-state index >= 15 is 0 Å². The number of rotatable bonds is 5. The van der Waals surface area contributed by atoms with E-state index in [-0.39, 0.29) is 29.6 Å². The van der Waals surface area contributed by atoms with Crippen molar-refractivity contribution in [3.63, 3.8) is 0 Å². The minimum Gasteiger partial charge on any atom is -0.550 e.